The molecular weight excluding hydrogens is 585 g/mol. The molecule has 6 heterocycles. The van der Waals surface area contributed by atoms with E-state index in [1.807, 2.05) is 34.5 Å². The number of aryl methyl sites for hydroxylation is 3. The second-order valence-corrected chi connectivity index (χ2v) is 13.9. The second kappa shape index (κ2) is 12.5. The fourth-order valence-corrected chi connectivity index (χ4v) is 8.03. The molecule has 44 heavy (non-hydrogen) atoms. The van der Waals surface area contributed by atoms with Crippen LogP contribution in [0, 0.1) is 0 Å². The van der Waals surface area contributed by atoms with E-state index in [1.54, 1.807) is 22.7 Å². The van der Waals surface area contributed by atoms with Crippen molar-refractivity contribution < 1.29 is 0 Å². The van der Waals surface area contributed by atoms with E-state index in [-0.39, 0.29) is 0 Å². The molecule has 2 aliphatic heterocycles. The van der Waals surface area contributed by atoms with Crippen LogP contribution in [0.2, 0.25) is 0 Å². The minimum atomic E-state index is 0.400. The summed E-state index contributed by atoms with van der Waals surface area (Å²) >= 11 is 3.41. The van der Waals surface area contributed by atoms with Crippen LogP contribution in [-0.2, 0) is 39.9 Å². The van der Waals surface area contributed by atoms with Crippen molar-refractivity contribution in [2.75, 3.05) is 19.6 Å². The molecule has 0 saturated heterocycles. The zero-order valence-electron chi connectivity index (χ0n) is 26.0. The number of nitrogens with zero attached hydrogens (tertiary/aromatic N) is 8. The highest BCUT2D eigenvalue weighted by Crippen LogP contribution is 2.30. The van der Waals surface area contributed by atoms with Gasteiger partial charge < -0.3 is 0 Å². The van der Waals surface area contributed by atoms with Crippen molar-refractivity contribution in [3.8, 4) is 0 Å². The highest BCUT2D eigenvalue weighted by molar-refractivity contribution is 7.17. The summed E-state index contributed by atoms with van der Waals surface area (Å²) in [5.74, 6) is 0. The standard InChI is InChI=1S/2C17H20N4S/c1-12(13-3-4-17-16(9-13)18-11-22-17)21-7-5-14-10-20(2)19-15(14)6-8-21;1-12(13-5-6-17-16(8-13)18-11-22-17)21-7-3-4-15-14(10-21)9-20(2)19-15/h3-4,9-12H,5-8H2,1-2H3;5-6,8-9,11-12H,3-4,7,10H2,1-2H3. The van der Waals surface area contributed by atoms with Crippen molar-refractivity contribution in [2.45, 2.75) is 58.2 Å². The molecule has 0 saturated carbocycles. The Labute approximate surface area is 267 Å². The van der Waals surface area contributed by atoms with Gasteiger partial charge in [-0.1, -0.05) is 12.1 Å². The van der Waals surface area contributed by atoms with E-state index in [4.69, 9.17) is 0 Å². The Morgan fingerprint density at radius 2 is 1.23 bits per heavy atom. The van der Waals surface area contributed by atoms with Gasteiger partial charge in [0, 0.05) is 70.2 Å². The zero-order valence-corrected chi connectivity index (χ0v) is 27.6. The lowest BCUT2D eigenvalue weighted by Gasteiger charge is -2.28. The summed E-state index contributed by atoms with van der Waals surface area (Å²) in [5.41, 5.74) is 14.1. The average Bonchev–Trinajstić information content (AvgIpc) is 3.79. The Hall–Kier alpha value is -3.44. The van der Waals surface area contributed by atoms with Crippen LogP contribution < -0.4 is 0 Å². The van der Waals surface area contributed by atoms with Crippen LogP contribution in [0.1, 0.15) is 66.0 Å². The first kappa shape index (κ1) is 29.3. The largest absolute Gasteiger partial charge is 0.296 e. The molecule has 228 valence electrons. The third-order valence-corrected chi connectivity index (χ3v) is 10.9. The topological polar surface area (TPSA) is 67.9 Å². The number of aromatic nitrogens is 6. The van der Waals surface area contributed by atoms with Gasteiger partial charge in [-0.3, -0.25) is 19.2 Å². The molecule has 0 aliphatic carbocycles. The number of thiazole rings is 2. The fourth-order valence-electron chi connectivity index (χ4n) is 6.71. The van der Waals surface area contributed by atoms with E-state index in [2.05, 4.69) is 92.6 Å². The molecule has 0 fully saturated rings. The lowest BCUT2D eigenvalue weighted by atomic mass is 10.1. The van der Waals surface area contributed by atoms with Crippen LogP contribution in [0.4, 0.5) is 0 Å². The van der Waals surface area contributed by atoms with Crippen molar-refractivity contribution in [1.29, 1.82) is 0 Å². The molecule has 0 bridgehead atoms. The molecule has 4 aromatic heterocycles. The second-order valence-electron chi connectivity index (χ2n) is 12.2. The molecular formula is C34H40N8S2. The molecule has 2 unspecified atom stereocenters. The van der Waals surface area contributed by atoms with Crippen LogP contribution in [0.5, 0.6) is 0 Å². The van der Waals surface area contributed by atoms with Crippen molar-refractivity contribution in [3.05, 3.63) is 93.5 Å². The molecule has 8 rings (SSSR count). The fraction of sp³-hybridized carbons (Fsp3) is 0.412. The quantitative estimate of drug-likeness (QED) is 0.217. The summed E-state index contributed by atoms with van der Waals surface area (Å²) in [4.78, 5) is 14.0. The normalized spacial score (nSPS) is 17.4. The number of rotatable bonds is 4. The molecule has 10 heteroatoms. The molecule has 6 aromatic rings. The van der Waals surface area contributed by atoms with Gasteiger partial charge in [0.05, 0.1) is 42.8 Å². The molecule has 0 radical (unpaired) electrons. The van der Waals surface area contributed by atoms with Crippen molar-refractivity contribution in [3.63, 3.8) is 0 Å². The van der Waals surface area contributed by atoms with Crippen LogP contribution in [0.15, 0.2) is 59.8 Å². The maximum absolute atomic E-state index is 4.59. The number of hydrogen-bond acceptors (Lipinski definition) is 8. The molecule has 2 atom stereocenters. The summed E-state index contributed by atoms with van der Waals surface area (Å²) in [5, 5.41) is 9.19. The summed E-state index contributed by atoms with van der Waals surface area (Å²) in [6, 6.07) is 14.2. The Morgan fingerprint density at radius 1 is 0.659 bits per heavy atom. The summed E-state index contributed by atoms with van der Waals surface area (Å²) in [6.07, 6.45) is 8.73. The van der Waals surface area contributed by atoms with Gasteiger partial charge in [0.2, 0.25) is 0 Å². The maximum Gasteiger partial charge on any atom is 0.0815 e. The van der Waals surface area contributed by atoms with E-state index < -0.39 is 0 Å². The summed E-state index contributed by atoms with van der Waals surface area (Å²) in [6.45, 7) is 8.87. The van der Waals surface area contributed by atoms with E-state index in [0.29, 0.717) is 12.1 Å². The number of benzene rings is 2. The Balaban J connectivity index is 0.000000142. The van der Waals surface area contributed by atoms with Crippen LogP contribution >= 0.6 is 22.7 Å². The average molecular weight is 625 g/mol. The van der Waals surface area contributed by atoms with Gasteiger partial charge in [0.1, 0.15) is 0 Å². The highest BCUT2D eigenvalue weighted by atomic mass is 32.1. The van der Waals surface area contributed by atoms with Gasteiger partial charge in [0.25, 0.3) is 0 Å². The molecule has 2 aromatic carbocycles. The molecule has 0 N–H and O–H groups in total. The third kappa shape index (κ3) is 6.08. The monoisotopic (exact) mass is 624 g/mol. The van der Waals surface area contributed by atoms with Gasteiger partial charge >= 0.3 is 0 Å². The molecule has 8 nitrogen and oxygen atoms in total. The van der Waals surface area contributed by atoms with Crippen molar-refractivity contribution in [2.24, 2.45) is 14.1 Å². The Morgan fingerprint density at radius 3 is 1.89 bits per heavy atom. The first-order valence-electron chi connectivity index (χ1n) is 15.6. The van der Waals surface area contributed by atoms with Gasteiger partial charge in [-0.05, 0) is 80.6 Å². The molecule has 0 amide bonds. The minimum absolute atomic E-state index is 0.400. The lowest BCUT2D eigenvalue weighted by Crippen LogP contribution is -2.29. The van der Waals surface area contributed by atoms with Gasteiger partial charge in [-0.2, -0.15) is 10.2 Å². The van der Waals surface area contributed by atoms with Crippen molar-refractivity contribution in [1.82, 2.24) is 39.3 Å². The minimum Gasteiger partial charge on any atom is -0.296 e. The first-order valence-corrected chi connectivity index (χ1v) is 17.3. The smallest absolute Gasteiger partial charge is 0.0815 e. The van der Waals surface area contributed by atoms with Crippen LogP contribution in [0.25, 0.3) is 20.4 Å². The van der Waals surface area contributed by atoms with E-state index in [0.717, 1.165) is 56.5 Å². The maximum atomic E-state index is 4.59. The molecule has 0 spiro atoms. The van der Waals surface area contributed by atoms with Gasteiger partial charge in [0.15, 0.2) is 0 Å². The van der Waals surface area contributed by atoms with E-state index in [1.165, 1.54) is 49.5 Å². The predicted octanol–water partition coefficient (Wildman–Crippen LogP) is 6.73. The summed E-state index contributed by atoms with van der Waals surface area (Å²) < 4.78 is 6.42. The number of hydrogen-bond donors (Lipinski definition) is 0. The Kier molecular flexibility index (Phi) is 8.33. The highest BCUT2D eigenvalue weighted by Gasteiger charge is 2.23. The van der Waals surface area contributed by atoms with Crippen LogP contribution in [0.3, 0.4) is 0 Å². The van der Waals surface area contributed by atoms with E-state index in [9.17, 15) is 0 Å². The van der Waals surface area contributed by atoms with Crippen molar-refractivity contribution >= 4 is 43.1 Å². The number of fused-ring (bicyclic) bond motifs is 4. The summed E-state index contributed by atoms with van der Waals surface area (Å²) in [7, 11) is 4.02. The third-order valence-electron chi connectivity index (χ3n) is 9.29. The molecule has 2 aliphatic rings. The first-order chi connectivity index (χ1) is 21.4. The van der Waals surface area contributed by atoms with Gasteiger partial charge in [-0.25, -0.2) is 9.97 Å². The zero-order chi connectivity index (χ0) is 30.2. The van der Waals surface area contributed by atoms with Gasteiger partial charge in [-0.15, -0.1) is 22.7 Å². The lowest BCUT2D eigenvalue weighted by molar-refractivity contribution is 0.204. The SMILES string of the molecule is CC(c1ccc2scnc2c1)N1CCCc2nn(C)cc2C1.CC(c1ccc2scnc2c1)N1CCc2cn(C)nc2CC1. The van der Waals surface area contributed by atoms with Crippen LogP contribution in [-0.4, -0.2) is 59.0 Å². The Bertz CT molecular complexity index is 1850. The predicted molar refractivity (Wildman–Crippen MR) is 180 cm³/mol. The van der Waals surface area contributed by atoms with E-state index >= 15 is 0 Å².